The van der Waals surface area contributed by atoms with E-state index in [2.05, 4.69) is 59.6 Å². The lowest BCUT2D eigenvalue weighted by Gasteiger charge is -2.31. The highest BCUT2D eigenvalue weighted by Crippen LogP contribution is 2.16. The van der Waals surface area contributed by atoms with Gasteiger partial charge in [-0.15, -0.1) is 12.4 Å². The van der Waals surface area contributed by atoms with Crippen LogP contribution in [0.2, 0.25) is 0 Å². The molecule has 1 fully saturated rings. The van der Waals surface area contributed by atoms with Gasteiger partial charge in [0.15, 0.2) is 0 Å². The van der Waals surface area contributed by atoms with E-state index in [1.54, 1.807) is 0 Å². The van der Waals surface area contributed by atoms with Crippen LogP contribution in [-0.4, -0.2) is 37.6 Å². The van der Waals surface area contributed by atoms with Crippen LogP contribution in [0.3, 0.4) is 0 Å². The molecule has 0 saturated carbocycles. The summed E-state index contributed by atoms with van der Waals surface area (Å²) in [5.74, 6) is 0.884. The van der Waals surface area contributed by atoms with Crippen LogP contribution in [0.25, 0.3) is 6.08 Å². The van der Waals surface area contributed by atoms with Gasteiger partial charge in [0.2, 0.25) is 0 Å². The minimum atomic E-state index is 0. The Labute approximate surface area is 129 Å². The zero-order chi connectivity index (χ0) is 13.3. The predicted octanol–water partition coefficient (Wildman–Crippen LogP) is 3.44. The van der Waals surface area contributed by atoms with E-state index in [1.165, 1.54) is 38.0 Å². The zero-order valence-electron chi connectivity index (χ0n) is 12.4. The van der Waals surface area contributed by atoms with Gasteiger partial charge < -0.3 is 5.32 Å². The topological polar surface area (TPSA) is 15.3 Å². The Morgan fingerprint density at radius 3 is 2.55 bits per heavy atom. The van der Waals surface area contributed by atoms with E-state index < -0.39 is 0 Å². The third kappa shape index (κ3) is 6.08. The number of hydrogen-bond acceptors (Lipinski definition) is 2. The summed E-state index contributed by atoms with van der Waals surface area (Å²) >= 11 is 0. The van der Waals surface area contributed by atoms with E-state index >= 15 is 0 Å². The summed E-state index contributed by atoms with van der Waals surface area (Å²) in [7, 11) is 0. The first-order chi connectivity index (χ1) is 9.38. The zero-order valence-corrected chi connectivity index (χ0v) is 13.2. The Bertz CT molecular complexity index is 370. The quantitative estimate of drug-likeness (QED) is 0.864. The second-order valence-corrected chi connectivity index (χ2v) is 5.36. The third-order valence-electron chi connectivity index (χ3n) is 3.86. The molecule has 2 rings (SSSR count). The Balaban J connectivity index is 0.00000200. The van der Waals surface area contributed by atoms with Gasteiger partial charge in [-0.2, -0.15) is 0 Å². The molecule has 1 aliphatic heterocycles. The number of halogens is 1. The second kappa shape index (κ2) is 9.98. The Morgan fingerprint density at radius 1 is 1.20 bits per heavy atom. The van der Waals surface area contributed by atoms with Gasteiger partial charge in [-0.05, 0) is 50.5 Å². The number of nitrogens with one attached hydrogen (secondary N) is 1. The lowest BCUT2D eigenvalue weighted by Crippen LogP contribution is -2.37. The van der Waals surface area contributed by atoms with Crippen LogP contribution in [0, 0.1) is 5.92 Å². The maximum Gasteiger partial charge on any atom is 0.0166 e. The number of hydrogen-bond donors (Lipinski definition) is 1. The van der Waals surface area contributed by atoms with Crippen molar-refractivity contribution >= 4 is 18.5 Å². The first-order valence-electron chi connectivity index (χ1n) is 7.53. The van der Waals surface area contributed by atoms with Crippen LogP contribution >= 0.6 is 12.4 Å². The van der Waals surface area contributed by atoms with E-state index in [-0.39, 0.29) is 12.4 Å². The molecule has 0 unspecified atom stereocenters. The third-order valence-corrected chi connectivity index (χ3v) is 3.86. The number of rotatable bonds is 6. The highest BCUT2D eigenvalue weighted by molar-refractivity contribution is 5.85. The molecule has 0 aliphatic carbocycles. The predicted molar refractivity (Wildman–Crippen MR) is 90.4 cm³/mol. The van der Waals surface area contributed by atoms with Crippen molar-refractivity contribution in [1.29, 1.82) is 0 Å². The molecule has 20 heavy (non-hydrogen) atoms. The van der Waals surface area contributed by atoms with Crippen molar-refractivity contribution in [3.8, 4) is 0 Å². The lowest BCUT2D eigenvalue weighted by atomic mass is 9.97. The van der Waals surface area contributed by atoms with Crippen molar-refractivity contribution in [1.82, 2.24) is 10.2 Å². The van der Waals surface area contributed by atoms with Crippen molar-refractivity contribution in [3.05, 3.63) is 42.0 Å². The SMILES string of the molecule is CCNCC1CCN(C/C=C/c2ccccc2)CC1.Cl. The summed E-state index contributed by atoms with van der Waals surface area (Å²) in [5.41, 5.74) is 1.30. The minimum absolute atomic E-state index is 0. The number of likely N-dealkylation sites (tertiary alicyclic amines) is 1. The average molecular weight is 295 g/mol. The molecule has 112 valence electrons. The monoisotopic (exact) mass is 294 g/mol. The van der Waals surface area contributed by atoms with Crippen LogP contribution in [0.4, 0.5) is 0 Å². The molecule has 0 radical (unpaired) electrons. The molecule has 3 heteroatoms. The summed E-state index contributed by atoms with van der Waals surface area (Å²) < 4.78 is 0. The maximum absolute atomic E-state index is 3.46. The van der Waals surface area contributed by atoms with Gasteiger partial charge in [0.25, 0.3) is 0 Å². The largest absolute Gasteiger partial charge is 0.317 e. The van der Waals surface area contributed by atoms with Gasteiger partial charge in [0.05, 0.1) is 0 Å². The highest BCUT2D eigenvalue weighted by atomic mass is 35.5. The van der Waals surface area contributed by atoms with Gasteiger partial charge in [0.1, 0.15) is 0 Å². The van der Waals surface area contributed by atoms with Crippen molar-refractivity contribution in [2.75, 3.05) is 32.7 Å². The molecule has 0 aromatic heterocycles. The van der Waals surface area contributed by atoms with E-state index in [4.69, 9.17) is 0 Å². The molecule has 1 aromatic carbocycles. The van der Waals surface area contributed by atoms with Gasteiger partial charge >= 0.3 is 0 Å². The van der Waals surface area contributed by atoms with Gasteiger partial charge in [-0.25, -0.2) is 0 Å². The lowest BCUT2D eigenvalue weighted by molar-refractivity contribution is 0.199. The maximum atomic E-state index is 3.46. The Hall–Kier alpha value is -0.830. The van der Waals surface area contributed by atoms with Crippen LogP contribution in [0.5, 0.6) is 0 Å². The van der Waals surface area contributed by atoms with Crippen molar-refractivity contribution in [2.24, 2.45) is 5.92 Å². The average Bonchev–Trinajstić information content (AvgIpc) is 2.47. The molecule has 0 amide bonds. The van der Waals surface area contributed by atoms with E-state index in [9.17, 15) is 0 Å². The fraction of sp³-hybridized carbons (Fsp3) is 0.529. The number of benzene rings is 1. The van der Waals surface area contributed by atoms with E-state index in [0.717, 1.165) is 19.0 Å². The first kappa shape index (κ1) is 17.2. The van der Waals surface area contributed by atoms with E-state index in [0.29, 0.717) is 0 Å². The molecule has 1 aromatic rings. The highest BCUT2D eigenvalue weighted by Gasteiger charge is 2.17. The smallest absolute Gasteiger partial charge is 0.0166 e. The Morgan fingerprint density at radius 2 is 1.90 bits per heavy atom. The normalized spacial score (nSPS) is 17.2. The molecule has 1 heterocycles. The summed E-state index contributed by atoms with van der Waals surface area (Å²) in [6.07, 6.45) is 7.20. The van der Waals surface area contributed by atoms with Crippen molar-refractivity contribution in [3.63, 3.8) is 0 Å². The Kier molecular flexibility index (Phi) is 8.59. The van der Waals surface area contributed by atoms with Gasteiger partial charge in [-0.3, -0.25) is 4.90 Å². The molecule has 0 atom stereocenters. The van der Waals surface area contributed by atoms with Gasteiger partial charge in [-0.1, -0.05) is 49.4 Å². The van der Waals surface area contributed by atoms with Gasteiger partial charge in [0, 0.05) is 6.54 Å². The summed E-state index contributed by atoms with van der Waals surface area (Å²) in [5, 5.41) is 3.46. The van der Waals surface area contributed by atoms with Crippen LogP contribution in [0.15, 0.2) is 36.4 Å². The van der Waals surface area contributed by atoms with Crippen LogP contribution in [-0.2, 0) is 0 Å². The molecule has 1 aliphatic rings. The van der Waals surface area contributed by atoms with Crippen molar-refractivity contribution < 1.29 is 0 Å². The van der Waals surface area contributed by atoms with Crippen LogP contribution in [0.1, 0.15) is 25.3 Å². The summed E-state index contributed by atoms with van der Waals surface area (Å²) in [6, 6.07) is 10.5. The van der Waals surface area contributed by atoms with Crippen LogP contribution < -0.4 is 5.32 Å². The molecule has 0 spiro atoms. The molecule has 2 nitrogen and oxygen atoms in total. The summed E-state index contributed by atoms with van der Waals surface area (Å²) in [6.45, 7) is 8.06. The second-order valence-electron chi connectivity index (χ2n) is 5.36. The van der Waals surface area contributed by atoms with Crippen molar-refractivity contribution in [2.45, 2.75) is 19.8 Å². The molecular weight excluding hydrogens is 268 g/mol. The first-order valence-corrected chi connectivity index (χ1v) is 7.53. The standard InChI is InChI=1S/C17H26N2.ClH/c1-2-18-15-17-10-13-19(14-11-17)12-6-9-16-7-4-3-5-8-16;/h3-9,17-18H,2,10-15H2,1H3;1H/b9-6+;. The molecular formula is C17H27ClN2. The molecule has 1 N–H and O–H groups in total. The number of piperidine rings is 1. The number of nitrogens with zero attached hydrogens (tertiary/aromatic N) is 1. The molecule has 0 bridgehead atoms. The fourth-order valence-corrected chi connectivity index (χ4v) is 2.62. The fourth-order valence-electron chi connectivity index (χ4n) is 2.62. The minimum Gasteiger partial charge on any atom is -0.317 e. The summed E-state index contributed by atoms with van der Waals surface area (Å²) in [4.78, 5) is 2.56. The van der Waals surface area contributed by atoms with E-state index in [1.807, 2.05) is 0 Å². The molecule has 1 saturated heterocycles.